The zero-order chi connectivity index (χ0) is 15.4. The summed E-state index contributed by atoms with van der Waals surface area (Å²) in [7, 11) is 3.92. The highest BCUT2D eigenvalue weighted by Gasteiger charge is 2.22. The number of piperidine rings is 1. The van der Waals surface area contributed by atoms with Gasteiger partial charge in [-0.15, -0.1) is 0 Å². The van der Waals surface area contributed by atoms with Gasteiger partial charge in [-0.3, -0.25) is 14.6 Å². The Morgan fingerprint density at radius 1 is 1.27 bits per heavy atom. The Morgan fingerprint density at radius 2 is 2.14 bits per heavy atom. The number of nitrogens with one attached hydrogen (secondary N) is 1. The lowest BCUT2D eigenvalue weighted by Gasteiger charge is -2.32. The molecule has 3 rings (SSSR count). The van der Waals surface area contributed by atoms with Crippen LogP contribution < -0.4 is 5.32 Å². The summed E-state index contributed by atoms with van der Waals surface area (Å²) < 4.78 is 1.96. The molecule has 6 nitrogen and oxygen atoms in total. The molecule has 0 unspecified atom stereocenters. The fraction of sp³-hybridized carbons (Fsp3) is 0.562. The Morgan fingerprint density at radius 3 is 2.91 bits per heavy atom. The van der Waals surface area contributed by atoms with Crippen LogP contribution in [0.15, 0.2) is 24.7 Å². The predicted octanol–water partition coefficient (Wildman–Crippen LogP) is 1.71. The first-order chi connectivity index (χ1) is 10.8. The highest BCUT2D eigenvalue weighted by Crippen LogP contribution is 2.23. The first-order valence-electron chi connectivity index (χ1n) is 7.93. The van der Waals surface area contributed by atoms with Gasteiger partial charge in [0.2, 0.25) is 0 Å². The van der Waals surface area contributed by atoms with Crippen molar-refractivity contribution < 1.29 is 0 Å². The first kappa shape index (κ1) is 15.0. The standard InChI is InChI=1S/C16H24N6/c1-17-16-15(18-7-8-19-16)10-13-4-3-9-22(11-13)12-14-5-6-20-21(14)2/h5-8,13H,3-4,9-12H2,1-2H3,(H,17,19)/t13-/m1/s1. The smallest absolute Gasteiger partial charge is 0.147 e. The van der Waals surface area contributed by atoms with Gasteiger partial charge in [0.15, 0.2) is 0 Å². The minimum atomic E-state index is 0.644. The summed E-state index contributed by atoms with van der Waals surface area (Å²) >= 11 is 0. The Hall–Kier alpha value is -1.95. The number of aryl methyl sites for hydroxylation is 1. The lowest BCUT2D eigenvalue weighted by molar-refractivity contribution is 0.163. The SMILES string of the molecule is CNc1nccnc1C[C@H]1CCCN(Cc2ccnn2C)C1. The van der Waals surface area contributed by atoms with Crippen molar-refractivity contribution in [2.75, 3.05) is 25.5 Å². The van der Waals surface area contributed by atoms with Gasteiger partial charge in [0.05, 0.1) is 11.4 Å². The number of hydrogen-bond donors (Lipinski definition) is 1. The molecule has 1 saturated heterocycles. The average molecular weight is 300 g/mol. The third-order valence-corrected chi connectivity index (χ3v) is 4.40. The van der Waals surface area contributed by atoms with E-state index in [9.17, 15) is 0 Å². The van der Waals surface area contributed by atoms with E-state index < -0.39 is 0 Å². The van der Waals surface area contributed by atoms with Crippen LogP contribution in [0.5, 0.6) is 0 Å². The van der Waals surface area contributed by atoms with Gasteiger partial charge in [-0.1, -0.05) is 0 Å². The summed E-state index contributed by atoms with van der Waals surface area (Å²) in [6.45, 7) is 3.26. The van der Waals surface area contributed by atoms with E-state index in [4.69, 9.17) is 0 Å². The zero-order valence-corrected chi connectivity index (χ0v) is 13.4. The van der Waals surface area contributed by atoms with Crippen LogP contribution in [-0.4, -0.2) is 44.8 Å². The average Bonchev–Trinajstić information content (AvgIpc) is 2.93. The van der Waals surface area contributed by atoms with E-state index in [0.29, 0.717) is 5.92 Å². The van der Waals surface area contributed by atoms with Gasteiger partial charge in [-0.2, -0.15) is 5.10 Å². The van der Waals surface area contributed by atoms with Crippen LogP contribution in [0.2, 0.25) is 0 Å². The fourth-order valence-corrected chi connectivity index (χ4v) is 3.25. The minimum Gasteiger partial charge on any atom is -0.372 e. The lowest BCUT2D eigenvalue weighted by Crippen LogP contribution is -2.36. The summed E-state index contributed by atoms with van der Waals surface area (Å²) in [6.07, 6.45) is 8.90. The van der Waals surface area contributed by atoms with Crippen molar-refractivity contribution in [1.29, 1.82) is 0 Å². The quantitative estimate of drug-likeness (QED) is 0.911. The molecule has 2 aromatic rings. The molecule has 0 spiro atoms. The molecule has 1 atom stereocenters. The molecule has 0 aromatic carbocycles. The molecule has 0 amide bonds. The minimum absolute atomic E-state index is 0.644. The molecule has 2 aromatic heterocycles. The second-order valence-corrected chi connectivity index (χ2v) is 6.00. The van der Waals surface area contributed by atoms with E-state index in [1.54, 1.807) is 12.4 Å². The molecule has 0 aliphatic carbocycles. The monoisotopic (exact) mass is 300 g/mol. The van der Waals surface area contributed by atoms with Crippen LogP contribution in [0.1, 0.15) is 24.2 Å². The van der Waals surface area contributed by atoms with Crippen LogP contribution in [-0.2, 0) is 20.0 Å². The van der Waals surface area contributed by atoms with Gasteiger partial charge in [-0.25, -0.2) is 4.98 Å². The second kappa shape index (κ2) is 6.87. The number of nitrogens with zero attached hydrogens (tertiary/aromatic N) is 5. The fourth-order valence-electron chi connectivity index (χ4n) is 3.25. The van der Waals surface area contributed by atoms with Crippen molar-refractivity contribution in [2.24, 2.45) is 13.0 Å². The molecule has 1 aliphatic rings. The maximum absolute atomic E-state index is 4.50. The van der Waals surface area contributed by atoms with E-state index in [-0.39, 0.29) is 0 Å². The van der Waals surface area contributed by atoms with Gasteiger partial charge in [-0.05, 0) is 37.8 Å². The Bertz CT molecular complexity index is 608. The summed E-state index contributed by atoms with van der Waals surface area (Å²) in [4.78, 5) is 11.4. The molecule has 22 heavy (non-hydrogen) atoms. The molecule has 3 heterocycles. The molecule has 1 aliphatic heterocycles. The molecular weight excluding hydrogens is 276 g/mol. The Balaban J connectivity index is 1.62. The Labute approximate surface area is 131 Å². The van der Waals surface area contributed by atoms with E-state index in [1.165, 1.54) is 25.1 Å². The number of rotatable bonds is 5. The van der Waals surface area contributed by atoms with Crippen molar-refractivity contribution in [2.45, 2.75) is 25.8 Å². The first-order valence-corrected chi connectivity index (χ1v) is 7.93. The van der Waals surface area contributed by atoms with Crippen molar-refractivity contribution in [1.82, 2.24) is 24.6 Å². The lowest BCUT2D eigenvalue weighted by atomic mass is 9.93. The summed E-state index contributed by atoms with van der Waals surface area (Å²) in [5, 5.41) is 7.40. The number of aromatic nitrogens is 4. The summed E-state index contributed by atoms with van der Waals surface area (Å²) in [5.41, 5.74) is 2.36. The van der Waals surface area contributed by atoms with Crippen LogP contribution in [0.4, 0.5) is 5.82 Å². The van der Waals surface area contributed by atoms with E-state index in [0.717, 1.165) is 31.0 Å². The maximum atomic E-state index is 4.50. The molecule has 1 N–H and O–H groups in total. The summed E-state index contributed by atoms with van der Waals surface area (Å²) in [5.74, 6) is 1.55. The van der Waals surface area contributed by atoms with Crippen LogP contribution in [0, 0.1) is 5.92 Å². The molecule has 6 heteroatoms. The van der Waals surface area contributed by atoms with Gasteiger partial charge >= 0.3 is 0 Å². The highest BCUT2D eigenvalue weighted by molar-refractivity contribution is 5.38. The highest BCUT2D eigenvalue weighted by atomic mass is 15.3. The van der Waals surface area contributed by atoms with Gasteiger partial charge in [0, 0.05) is 45.8 Å². The Kier molecular flexibility index (Phi) is 4.68. The van der Waals surface area contributed by atoms with Crippen LogP contribution in [0.3, 0.4) is 0 Å². The molecule has 0 radical (unpaired) electrons. The van der Waals surface area contributed by atoms with Crippen molar-refractivity contribution in [3.05, 3.63) is 36.0 Å². The van der Waals surface area contributed by atoms with Gasteiger partial charge in [0.25, 0.3) is 0 Å². The molecule has 118 valence electrons. The topological polar surface area (TPSA) is 58.9 Å². The normalized spacial score (nSPS) is 19.3. The number of anilines is 1. The second-order valence-electron chi connectivity index (χ2n) is 6.00. The molecule has 0 bridgehead atoms. The van der Waals surface area contributed by atoms with Crippen molar-refractivity contribution >= 4 is 5.82 Å². The summed E-state index contributed by atoms with van der Waals surface area (Å²) in [6, 6.07) is 2.10. The van der Waals surface area contributed by atoms with Crippen molar-refractivity contribution in [3.63, 3.8) is 0 Å². The van der Waals surface area contributed by atoms with E-state index in [1.807, 2.05) is 25.0 Å². The molecular formula is C16H24N6. The van der Waals surface area contributed by atoms with Gasteiger partial charge in [0.1, 0.15) is 5.82 Å². The predicted molar refractivity (Wildman–Crippen MR) is 86.5 cm³/mol. The van der Waals surface area contributed by atoms with E-state index >= 15 is 0 Å². The van der Waals surface area contributed by atoms with Crippen molar-refractivity contribution in [3.8, 4) is 0 Å². The van der Waals surface area contributed by atoms with Gasteiger partial charge < -0.3 is 5.32 Å². The largest absolute Gasteiger partial charge is 0.372 e. The third kappa shape index (κ3) is 3.44. The zero-order valence-electron chi connectivity index (χ0n) is 13.4. The molecule has 0 saturated carbocycles. The van der Waals surface area contributed by atoms with Crippen LogP contribution >= 0.6 is 0 Å². The number of hydrogen-bond acceptors (Lipinski definition) is 5. The third-order valence-electron chi connectivity index (χ3n) is 4.40. The number of likely N-dealkylation sites (tertiary alicyclic amines) is 1. The van der Waals surface area contributed by atoms with E-state index in [2.05, 4.69) is 31.3 Å². The molecule has 1 fully saturated rings. The maximum Gasteiger partial charge on any atom is 0.147 e. The van der Waals surface area contributed by atoms with Crippen LogP contribution in [0.25, 0.3) is 0 Å².